The van der Waals surface area contributed by atoms with Crippen molar-refractivity contribution in [3.63, 3.8) is 0 Å². The highest BCUT2D eigenvalue weighted by Gasteiger charge is 2.46. The van der Waals surface area contributed by atoms with Crippen LogP contribution in [0.3, 0.4) is 0 Å². The zero-order valence-electron chi connectivity index (χ0n) is 12.7. The second-order valence-corrected chi connectivity index (χ2v) is 5.38. The van der Waals surface area contributed by atoms with Crippen molar-refractivity contribution in [1.82, 2.24) is 0 Å². The van der Waals surface area contributed by atoms with E-state index in [0.29, 0.717) is 13.0 Å². The van der Waals surface area contributed by atoms with Crippen LogP contribution in [0, 0.1) is 5.92 Å². The molecule has 114 valence electrons. The molecule has 1 unspecified atom stereocenters. The van der Waals surface area contributed by atoms with E-state index in [2.05, 4.69) is 0 Å². The predicted molar refractivity (Wildman–Crippen MR) is 80.1 cm³/mol. The minimum absolute atomic E-state index is 0.0729. The van der Waals surface area contributed by atoms with Gasteiger partial charge in [0.25, 0.3) is 0 Å². The number of carbonyl (C=O) groups excluding carboxylic acids is 1. The molecule has 0 saturated carbocycles. The van der Waals surface area contributed by atoms with Crippen LogP contribution in [-0.4, -0.2) is 29.7 Å². The van der Waals surface area contributed by atoms with E-state index < -0.39 is 11.7 Å². The Morgan fingerprint density at radius 2 is 1.95 bits per heavy atom. The van der Waals surface area contributed by atoms with Crippen LogP contribution in [0.15, 0.2) is 36.4 Å². The number of hydrogen-bond donors (Lipinski definition) is 1. The molecule has 0 aromatic heterocycles. The molecule has 0 spiro atoms. The summed E-state index contributed by atoms with van der Waals surface area (Å²) in [5.74, 6) is 0.444. The lowest BCUT2D eigenvalue weighted by Gasteiger charge is -2.40. The summed E-state index contributed by atoms with van der Waals surface area (Å²) in [6.45, 7) is 4.09. The average Bonchev–Trinajstić information content (AvgIpc) is 2.52. The van der Waals surface area contributed by atoms with E-state index in [0.717, 1.165) is 11.3 Å². The number of hydrogen-bond acceptors (Lipinski definition) is 4. The van der Waals surface area contributed by atoms with Crippen molar-refractivity contribution in [1.29, 1.82) is 0 Å². The zero-order valence-corrected chi connectivity index (χ0v) is 12.7. The maximum atomic E-state index is 12.3. The molecule has 0 aliphatic heterocycles. The second-order valence-electron chi connectivity index (χ2n) is 5.38. The molecule has 21 heavy (non-hydrogen) atoms. The minimum atomic E-state index is -0.950. The fourth-order valence-electron chi connectivity index (χ4n) is 2.73. The lowest BCUT2D eigenvalue weighted by Crippen LogP contribution is -2.52. The van der Waals surface area contributed by atoms with E-state index in [-0.39, 0.29) is 11.7 Å². The molecule has 3 atom stereocenters. The van der Waals surface area contributed by atoms with Crippen molar-refractivity contribution < 1.29 is 19.4 Å². The molecular weight excluding hydrogens is 268 g/mol. The smallest absolute Gasteiger partial charge is 0.187 e. The molecule has 1 N–H and O–H groups in total. The van der Waals surface area contributed by atoms with E-state index in [1.54, 1.807) is 7.11 Å². The summed E-state index contributed by atoms with van der Waals surface area (Å²) >= 11 is 0. The normalized spacial score (nSPS) is 28.7. The molecule has 0 amide bonds. The van der Waals surface area contributed by atoms with Crippen LogP contribution in [0.1, 0.15) is 25.8 Å². The van der Waals surface area contributed by atoms with Crippen molar-refractivity contribution in [2.24, 2.45) is 5.92 Å². The van der Waals surface area contributed by atoms with Gasteiger partial charge in [-0.15, -0.1) is 0 Å². The van der Waals surface area contributed by atoms with Crippen molar-refractivity contribution in [3.05, 3.63) is 42.0 Å². The zero-order chi connectivity index (χ0) is 15.5. The van der Waals surface area contributed by atoms with E-state index in [1.165, 1.54) is 12.2 Å². The Morgan fingerprint density at radius 1 is 1.29 bits per heavy atom. The molecule has 1 aliphatic carbocycles. The summed E-state index contributed by atoms with van der Waals surface area (Å²) in [7, 11) is 1.62. The van der Waals surface area contributed by atoms with Gasteiger partial charge < -0.3 is 14.6 Å². The Balaban J connectivity index is 2.14. The van der Waals surface area contributed by atoms with Gasteiger partial charge in [0.15, 0.2) is 5.78 Å². The molecule has 0 radical (unpaired) electrons. The van der Waals surface area contributed by atoms with Crippen LogP contribution in [0.25, 0.3) is 0 Å². The van der Waals surface area contributed by atoms with E-state index in [9.17, 15) is 9.90 Å². The highest BCUT2D eigenvalue weighted by Crippen LogP contribution is 2.34. The summed E-state index contributed by atoms with van der Waals surface area (Å²) in [5, 5.41) is 9.99. The van der Waals surface area contributed by atoms with Gasteiger partial charge in [0.05, 0.1) is 19.8 Å². The largest absolute Gasteiger partial charge is 0.497 e. The third-order valence-corrected chi connectivity index (χ3v) is 4.29. The highest BCUT2D eigenvalue weighted by molar-refractivity contribution is 5.98. The number of ketones is 1. The number of methoxy groups -OCH3 is 1. The molecule has 1 aromatic rings. The van der Waals surface area contributed by atoms with Crippen LogP contribution < -0.4 is 4.74 Å². The lowest BCUT2D eigenvalue weighted by molar-refractivity contribution is -0.159. The molecule has 0 bridgehead atoms. The molecule has 0 heterocycles. The van der Waals surface area contributed by atoms with Gasteiger partial charge in [0.1, 0.15) is 11.4 Å². The Morgan fingerprint density at radius 3 is 2.52 bits per heavy atom. The van der Waals surface area contributed by atoms with Crippen LogP contribution in [-0.2, 0) is 16.1 Å². The monoisotopic (exact) mass is 290 g/mol. The summed E-state index contributed by atoms with van der Waals surface area (Å²) in [4.78, 5) is 12.3. The van der Waals surface area contributed by atoms with Crippen molar-refractivity contribution in [3.8, 4) is 5.75 Å². The first-order valence-corrected chi connectivity index (χ1v) is 7.21. The van der Waals surface area contributed by atoms with Crippen molar-refractivity contribution in [2.75, 3.05) is 7.11 Å². The van der Waals surface area contributed by atoms with Crippen LogP contribution in [0.4, 0.5) is 0 Å². The van der Waals surface area contributed by atoms with Gasteiger partial charge >= 0.3 is 0 Å². The van der Waals surface area contributed by atoms with E-state index in [1.807, 2.05) is 38.1 Å². The van der Waals surface area contributed by atoms with Crippen molar-refractivity contribution >= 4 is 5.78 Å². The average molecular weight is 290 g/mol. The summed E-state index contributed by atoms with van der Waals surface area (Å²) in [6, 6.07) is 7.54. The Labute approximate surface area is 125 Å². The number of aliphatic hydroxyl groups is 1. The fourth-order valence-corrected chi connectivity index (χ4v) is 2.73. The first-order valence-electron chi connectivity index (χ1n) is 7.21. The van der Waals surface area contributed by atoms with E-state index >= 15 is 0 Å². The molecule has 4 heteroatoms. The van der Waals surface area contributed by atoms with Gasteiger partial charge in [-0.2, -0.15) is 0 Å². The first kappa shape index (κ1) is 15.7. The number of rotatable bonds is 5. The number of carbonyl (C=O) groups is 1. The van der Waals surface area contributed by atoms with Gasteiger partial charge in [0.2, 0.25) is 0 Å². The van der Waals surface area contributed by atoms with Gasteiger partial charge in [0, 0.05) is 5.92 Å². The standard InChI is InChI=1S/C17H22O4/c1-4-17(12(2)15(18)9-10-16(17)19)21-11-13-5-7-14(20-3)8-6-13/h5-10,12,15,18H,4,11H2,1-3H3/t12-,15?,17-/m0/s1. The summed E-state index contributed by atoms with van der Waals surface area (Å²) < 4.78 is 11.1. The topological polar surface area (TPSA) is 55.8 Å². The molecule has 0 fully saturated rings. The van der Waals surface area contributed by atoms with Crippen LogP contribution in [0.2, 0.25) is 0 Å². The van der Waals surface area contributed by atoms with Crippen molar-refractivity contribution in [2.45, 2.75) is 38.6 Å². The Hall–Kier alpha value is -1.65. The quantitative estimate of drug-likeness (QED) is 0.905. The predicted octanol–water partition coefficient (Wildman–Crippen LogP) is 2.50. The first-order chi connectivity index (χ1) is 10.0. The SMILES string of the molecule is CC[C@@]1(OCc2ccc(OC)cc2)C(=O)C=CC(O)[C@@H]1C. The third-order valence-electron chi connectivity index (χ3n) is 4.29. The molecule has 2 rings (SSSR count). The lowest BCUT2D eigenvalue weighted by atomic mass is 9.75. The maximum absolute atomic E-state index is 12.3. The minimum Gasteiger partial charge on any atom is -0.497 e. The molecule has 4 nitrogen and oxygen atoms in total. The number of benzene rings is 1. The summed E-state index contributed by atoms with van der Waals surface area (Å²) in [6.07, 6.45) is 2.85. The Kier molecular flexibility index (Phi) is 4.80. The molecule has 1 aliphatic rings. The van der Waals surface area contributed by atoms with E-state index in [4.69, 9.17) is 9.47 Å². The molecular formula is C17H22O4. The molecule has 0 saturated heterocycles. The number of ether oxygens (including phenoxy) is 2. The van der Waals surface area contributed by atoms with Gasteiger partial charge in [-0.3, -0.25) is 4.79 Å². The van der Waals surface area contributed by atoms with Gasteiger partial charge in [-0.25, -0.2) is 0 Å². The van der Waals surface area contributed by atoms with Crippen LogP contribution in [0.5, 0.6) is 5.75 Å². The third kappa shape index (κ3) is 3.01. The van der Waals surface area contributed by atoms with Crippen LogP contribution >= 0.6 is 0 Å². The maximum Gasteiger partial charge on any atom is 0.187 e. The Bertz CT molecular complexity index is 520. The second kappa shape index (κ2) is 6.41. The van der Waals surface area contributed by atoms with Gasteiger partial charge in [-0.1, -0.05) is 32.1 Å². The van der Waals surface area contributed by atoms with Gasteiger partial charge in [-0.05, 0) is 30.2 Å². The number of aliphatic hydroxyl groups excluding tert-OH is 1. The fraction of sp³-hybridized carbons (Fsp3) is 0.471. The molecule has 1 aromatic carbocycles. The highest BCUT2D eigenvalue weighted by atomic mass is 16.5. The summed E-state index contributed by atoms with van der Waals surface area (Å²) in [5.41, 5.74) is 0.0151.